The largest absolute Gasteiger partial charge is 0.481 e. The van der Waals surface area contributed by atoms with Crippen molar-refractivity contribution in [2.24, 2.45) is 5.73 Å². The molecule has 0 saturated heterocycles. The van der Waals surface area contributed by atoms with Crippen LogP contribution < -0.4 is 11.1 Å². The van der Waals surface area contributed by atoms with Gasteiger partial charge in [-0.25, -0.2) is 4.79 Å². The summed E-state index contributed by atoms with van der Waals surface area (Å²) in [6.07, 6.45) is 0.369. The van der Waals surface area contributed by atoms with Crippen LogP contribution in [0.5, 0.6) is 0 Å². The Bertz CT molecular complexity index is 317. The number of carboxylic acid groups (broad SMARTS) is 1. The van der Waals surface area contributed by atoms with Gasteiger partial charge in [-0.15, -0.1) is 0 Å². The number of aliphatic carboxylic acids is 1. The summed E-state index contributed by atoms with van der Waals surface area (Å²) in [5, 5.41) is 11.0. The molecule has 1 unspecified atom stereocenters. The number of nitrogens with one attached hydrogen (secondary N) is 1. The van der Waals surface area contributed by atoms with Crippen LogP contribution in [0.2, 0.25) is 0 Å². The summed E-state index contributed by atoms with van der Waals surface area (Å²) in [6, 6.07) is -1.25. The lowest BCUT2D eigenvalue weighted by Gasteiger charge is -2.27. The molecule has 0 aromatic rings. The summed E-state index contributed by atoms with van der Waals surface area (Å²) >= 11 is 0. The fourth-order valence-electron chi connectivity index (χ4n) is 1.33. The van der Waals surface area contributed by atoms with Gasteiger partial charge < -0.3 is 21.1 Å². The average Bonchev–Trinajstić information content (AvgIpc) is 2.22. The van der Waals surface area contributed by atoms with Crippen LogP contribution in [-0.4, -0.2) is 46.5 Å². The van der Waals surface area contributed by atoms with E-state index in [1.54, 1.807) is 0 Å². The van der Waals surface area contributed by atoms with Crippen molar-refractivity contribution in [2.75, 3.05) is 6.54 Å². The SMILES string of the molecule is CC(NC(=O)N(CCCC(=O)O)C(C)C)C(N)=O. The number of hydrogen-bond acceptors (Lipinski definition) is 3. The molecule has 0 radical (unpaired) electrons. The third-order valence-electron chi connectivity index (χ3n) is 2.44. The van der Waals surface area contributed by atoms with E-state index in [4.69, 9.17) is 10.8 Å². The van der Waals surface area contributed by atoms with Gasteiger partial charge in [0.1, 0.15) is 6.04 Å². The standard InChI is InChI=1S/C11H21N3O4/c1-7(2)14(6-4-5-9(15)16)11(18)13-8(3)10(12)17/h7-8H,4-6H2,1-3H3,(H2,12,17)(H,13,18)(H,15,16). The summed E-state index contributed by atoms with van der Waals surface area (Å²) in [5.41, 5.74) is 5.05. The van der Waals surface area contributed by atoms with E-state index in [0.29, 0.717) is 13.0 Å². The number of nitrogens with zero attached hydrogens (tertiary/aromatic N) is 1. The second-order valence-electron chi connectivity index (χ2n) is 4.36. The van der Waals surface area contributed by atoms with Crippen LogP contribution in [0.4, 0.5) is 4.79 Å². The Morgan fingerprint density at radius 1 is 1.28 bits per heavy atom. The van der Waals surface area contributed by atoms with Gasteiger partial charge >= 0.3 is 12.0 Å². The number of hydrogen-bond donors (Lipinski definition) is 3. The fourth-order valence-corrected chi connectivity index (χ4v) is 1.33. The third kappa shape index (κ3) is 6.07. The van der Waals surface area contributed by atoms with Gasteiger partial charge in [-0.3, -0.25) is 9.59 Å². The molecule has 7 heteroatoms. The third-order valence-corrected chi connectivity index (χ3v) is 2.44. The van der Waals surface area contributed by atoms with Gasteiger partial charge in [-0.1, -0.05) is 0 Å². The number of carbonyl (C=O) groups excluding carboxylic acids is 2. The smallest absolute Gasteiger partial charge is 0.318 e. The maximum absolute atomic E-state index is 11.8. The van der Waals surface area contributed by atoms with Crippen molar-refractivity contribution in [1.82, 2.24) is 10.2 Å². The summed E-state index contributed by atoms with van der Waals surface area (Å²) in [7, 11) is 0. The molecule has 0 aromatic heterocycles. The van der Waals surface area contributed by atoms with Gasteiger partial charge in [0.05, 0.1) is 0 Å². The quantitative estimate of drug-likeness (QED) is 0.603. The van der Waals surface area contributed by atoms with Crippen molar-refractivity contribution in [3.63, 3.8) is 0 Å². The van der Waals surface area contributed by atoms with Gasteiger partial charge in [0.25, 0.3) is 0 Å². The number of primary amides is 1. The second kappa shape index (κ2) is 7.52. The highest BCUT2D eigenvalue weighted by molar-refractivity contribution is 5.85. The van der Waals surface area contributed by atoms with Gasteiger partial charge in [0.2, 0.25) is 5.91 Å². The molecule has 0 aliphatic carbocycles. The van der Waals surface area contributed by atoms with Crippen molar-refractivity contribution in [2.45, 2.75) is 45.7 Å². The summed E-state index contributed by atoms with van der Waals surface area (Å²) in [6.45, 7) is 5.45. The molecule has 0 heterocycles. The first kappa shape index (κ1) is 16.2. The lowest BCUT2D eigenvalue weighted by Crippen LogP contribution is -2.50. The summed E-state index contributed by atoms with van der Waals surface area (Å²) in [4.78, 5) is 34.6. The maximum Gasteiger partial charge on any atom is 0.318 e. The van der Waals surface area contributed by atoms with Gasteiger partial charge in [-0.2, -0.15) is 0 Å². The summed E-state index contributed by atoms with van der Waals surface area (Å²) in [5.74, 6) is -1.51. The number of nitrogens with two attached hydrogens (primary N) is 1. The molecule has 18 heavy (non-hydrogen) atoms. The Labute approximate surface area is 106 Å². The Hall–Kier alpha value is -1.79. The van der Waals surface area contributed by atoms with Gasteiger partial charge in [-0.05, 0) is 27.2 Å². The molecule has 0 saturated carbocycles. The van der Waals surface area contributed by atoms with E-state index in [1.807, 2.05) is 13.8 Å². The molecular formula is C11H21N3O4. The molecule has 104 valence electrons. The summed E-state index contributed by atoms with van der Waals surface area (Å²) < 4.78 is 0. The van der Waals surface area contributed by atoms with Gasteiger partial charge in [0, 0.05) is 19.0 Å². The van der Waals surface area contributed by atoms with Crippen LogP contribution in [-0.2, 0) is 9.59 Å². The molecule has 0 rings (SSSR count). The van der Waals surface area contributed by atoms with Crippen LogP contribution >= 0.6 is 0 Å². The molecule has 0 spiro atoms. The lowest BCUT2D eigenvalue weighted by molar-refractivity contribution is -0.137. The zero-order chi connectivity index (χ0) is 14.3. The number of rotatable bonds is 7. The molecular weight excluding hydrogens is 238 g/mol. The van der Waals surface area contributed by atoms with Crippen LogP contribution in [0.3, 0.4) is 0 Å². The number of urea groups is 1. The average molecular weight is 259 g/mol. The molecule has 7 nitrogen and oxygen atoms in total. The van der Waals surface area contributed by atoms with E-state index in [2.05, 4.69) is 5.32 Å². The normalized spacial score (nSPS) is 12.0. The number of carboxylic acids is 1. The number of amides is 3. The van der Waals surface area contributed by atoms with E-state index in [9.17, 15) is 14.4 Å². The predicted octanol–water partition coefficient (Wildman–Crippen LogP) is 0.145. The maximum atomic E-state index is 11.8. The number of carbonyl (C=O) groups is 3. The van der Waals surface area contributed by atoms with Crippen LogP contribution in [0.25, 0.3) is 0 Å². The molecule has 0 bridgehead atoms. The topological polar surface area (TPSA) is 113 Å². The highest BCUT2D eigenvalue weighted by Gasteiger charge is 2.20. The molecule has 3 amide bonds. The fraction of sp³-hybridized carbons (Fsp3) is 0.727. The highest BCUT2D eigenvalue weighted by atomic mass is 16.4. The van der Waals surface area contributed by atoms with E-state index in [-0.39, 0.29) is 12.5 Å². The van der Waals surface area contributed by atoms with Gasteiger partial charge in [0.15, 0.2) is 0 Å². The van der Waals surface area contributed by atoms with E-state index in [0.717, 1.165) is 0 Å². The molecule has 0 aliphatic heterocycles. The van der Waals surface area contributed by atoms with Crippen LogP contribution in [0, 0.1) is 0 Å². The molecule has 0 aliphatic rings. The Balaban J connectivity index is 4.36. The molecule has 4 N–H and O–H groups in total. The molecule has 0 fully saturated rings. The molecule has 1 atom stereocenters. The van der Waals surface area contributed by atoms with Crippen molar-refractivity contribution in [3.8, 4) is 0 Å². The van der Waals surface area contributed by atoms with Crippen molar-refractivity contribution < 1.29 is 19.5 Å². The zero-order valence-electron chi connectivity index (χ0n) is 11.0. The lowest BCUT2D eigenvalue weighted by atomic mass is 10.2. The Morgan fingerprint density at radius 3 is 2.22 bits per heavy atom. The highest BCUT2D eigenvalue weighted by Crippen LogP contribution is 2.03. The Kier molecular flexibility index (Phi) is 6.77. The first-order chi connectivity index (χ1) is 8.25. The van der Waals surface area contributed by atoms with E-state index < -0.39 is 23.9 Å². The van der Waals surface area contributed by atoms with Crippen LogP contribution in [0.1, 0.15) is 33.6 Å². The minimum Gasteiger partial charge on any atom is -0.481 e. The van der Waals surface area contributed by atoms with Crippen molar-refractivity contribution in [3.05, 3.63) is 0 Å². The Morgan fingerprint density at radius 2 is 1.83 bits per heavy atom. The van der Waals surface area contributed by atoms with E-state index >= 15 is 0 Å². The van der Waals surface area contributed by atoms with Crippen LogP contribution in [0.15, 0.2) is 0 Å². The first-order valence-electron chi connectivity index (χ1n) is 5.84. The van der Waals surface area contributed by atoms with Crippen molar-refractivity contribution in [1.29, 1.82) is 0 Å². The van der Waals surface area contributed by atoms with E-state index in [1.165, 1.54) is 11.8 Å². The predicted molar refractivity (Wildman–Crippen MR) is 65.9 cm³/mol. The zero-order valence-corrected chi connectivity index (χ0v) is 11.0. The minimum atomic E-state index is -0.899. The second-order valence-corrected chi connectivity index (χ2v) is 4.36. The minimum absolute atomic E-state index is 0.00186. The van der Waals surface area contributed by atoms with Crippen molar-refractivity contribution >= 4 is 17.9 Å². The molecule has 0 aromatic carbocycles. The first-order valence-corrected chi connectivity index (χ1v) is 5.84. The monoisotopic (exact) mass is 259 g/mol.